The summed E-state index contributed by atoms with van der Waals surface area (Å²) in [6.07, 6.45) is 2.22. The third-order valence-corrected chi connectivity index (χ3v) is 5.43. The van der Waals surface area contributed by atoms with Crippen LogP contribution in [0, 0.1) is 25.5 Å². The second kappa shape index (κ2) is 15.0. The third kappa shape index (κ3) is 9.89. The van der Waals surface area contributed by atoms with E-state index >= 15 is 0 Å². The number of aromatic amines is 1. The molecule has 6 N–H and O–H groups in total. The van der Waals surface area contributed by atoms with Gasteiger partial charge in [0.15, 0.2) is 0 Å². The minimum atomic E-state index is -0.888. The molecule has 216 valence electrons. The molecule has 1 fully saturated rings. The number of ether oxygens (including phenoxy) is 1. The van der Waals surface area contributed by atoms with Crippen molar-refractivity contribution in [1.29, 1.82) is 0 Å². The van der Waals surface area contributed by atoms with E-state index in [1.807, 2.05) is 0 Å². The van der Waals surface area contributed by atoms with Crippen molar-refractivity contribution in [2.75, 3.05) is 5.73 Å². The molecule has 0 atom stereocenters. The molecule has 1 amide bonds. The van der Waals surface area contributed by atoms with Crippen LogP contribution in [-0.2, 0) is 25.5 Å². The van der Waals surface area contributed by atoms with Crippen molar-refractivity contribution in [3.8, 4) is 0 Å². The van der Waals surface area contributed by atoms with E-state index < -0.39 is 29.1 Å². The van der Waals surface area contributed by atoms with Crippen LogP contribution in [-0.4, -0.2) is 38.9 Å². The molecule has 11 nitrogen and oxygen atoms in total. The first-order valence-electron chi connectivity index (χ1n) is 11.8. The van der Waals surface area contributed by atoms with Crippen LogP contribution in [0.4, 0.5) is 14.5 Å². The lowest BCUT2D eigenvalue weighted by atomic mass is 10.1. The number of carbonyl (C=O) groups excluding carboxylic acids is 3. The molecule has 0 aliphatic carbocycles. The number of halogens is 2. The van der Waals surface area contributed by atoms with Gasteiger partial charge in [0.2, 0.25) is 0 Å². The van der Waals surface area contributed by atoms with Crippen molar-refractivity contribution < 1.29 is 37.8 Å². The summed E-state index contributed by atoms with van der Waals surface area (Å²) in [7, 11) is 0. The van der Waals surface area contributed by atoms with E-state index in [4.69, 9.17) is 16.6 Å². The highest BCUT2D eigenvalue weighted by molar-refractivity contribution is 5.98. The molecule has 2 heterocycles. The van der Waals surface area contributed by atoms with Gasteiger partial charge < -0.3 is 26.3 Å². The first-order chi connectivity index (χ1) is 18.3. The fourth-order valence-corrected chi connectivity index (χ4v) is 3.51. The SMILES string of the molecule is C.Cc1cc(F)cc(C(N)=O)c1N.Cc1cc(F)cc2c(=O)[nH]c(CCCC(=O)O)nc12.O=C1CCCC(=O)O1. The fourth-order valence-electron chi connectivity index (χ4n) is 3.51. The predicted octanol–water partition coefficient (Wildman–Crippen LogP) is 3.47. The molecular formula is C27H32F2N4O7. The van der Waals surface area contributed by atoms with Crippen molar-refractivity contribution in [3.05, 3.63) is 68.8 Å². The Morgan fingerprint density at radius 3 is 2.12 bits per heavy atom. The zero-order chi connectivity index (χ0) is 29.3. The van der Waals surface area contributed by atoms with Gasteiger partial charge in [-0.25, -0.2) is 13.8 Å². The standard InChI is InChI=1S/C13H13FN2O3.C8H9FN2O.C5H6O3.CH4/c1-7-5-8(14)6-9-12(7)15-10(16-13(9)19)3-2-4-11(17)18;1-4-2-5(9)3-6(7(4)10)8(11)12;6-4-2-1-3-5(7)8-4;/h5-6H,2-4H2,1H3,(H,17,18)(H,15,16,19);2-3H,10H2,1H3,(H2,11,12);1-3H2;1H4. The molecule has 0 radical (unpaired) electrons. The van der Waals surface area contributed by atoms with Crippen LogP contribution in [0.15, 0.2) is 29.1 Å². The maximum Gasteiger partial charge on any atom is 0.313 e. The number of nitrogens with zero attached hydrogens (tertiary/aromatic N) is 1. The normalized spacial score (nSPS) is 12.2. The summed E-state index contributed by atoms with van der Waals surface area (Å²) in [5.74, 6) is -2.93. The lowest BCUT2D eigenvalue weighted by Crippen LogP contribution is -2.17. The summed E-state index contributed by atoms with van der Waals surface area (Å²) in [5.41, 5.74) is 11.9. The van der Waals surface area contributed by atoms with Crippen LogP contribution in [0.25, 0.3) is 10.9 Å². The average molecular weight is 563 g/mol. The van der Waals surface area contributed by atoms with Crippen molar-refractivity contribution in [3.63, 3.8) is 0 Å². The van der Waals surface area contributed by atoms with Gasteiger partial charge in [-0.1, -0.05) is 7.43 Å². The Morgan fingerprint density at radius 2 is 1.60 bits per heavy atom. The number of aromatic nitrogens is 2. The molecule has 1 aromatic heterocycles. The molecule has 40 heavy (non-hydrogen) atoms. The second-order valence-corrected chi connectivity index (χ2v) is 8.63. The summed E-state index contributed by atoms with van der Waals surface area (Å²) in [4.78, 5) is 60.2. The van der Waals surface area contributed by atoms with Crippen LogP contribution in [0.3, 0.4) is 0 Å². The molecule has 0 spiro atoms. The van der Waals surface area contributed by atoms with Gasteiger partial charge in [0.1, 0.15) is 17.5 Å². The van der Waals surface area contributed by atoms with Crippen LogP contribution in [0.2, 0.25) is 0 Å². The highest BCUT2D eigenvalue weighted by Gasteiger charge is 2.16. The number of H-pyrrole nitrogens is 1. The summed E-state index contributed by atoms with van der Waals surface area (Å²) >= 11 is 0. The summed E-state index contributed by atoms with van der Waals surface area (Å²) < 4.78 is 30.1. The summed E-state index contributed by atoms with van der Waals surface area (Å²) in [5, 5.41) is 8.77. The van der Waals surface area contributed by atoms with E-state index in [1.165, 1.54) is 12.1 Å². The Labute approximate surface area is 228 Å². The van der Waals surface area contributed by atoms with E-state index in [-0.39, 0.29) is 42.4 Å². The number of amides is 1. The number of rotatable bonds is 5. The number of aryl methyl sites for hydroxylation is 3. The number of cyclic esters (lactones) is 2. The number of primary amides is 1. The smallest absolute Gasteiger partial charge is 0.313 e. The Morgan fingerprint density at radius 1 is 1.02 bits per heavy atom. The largest absolute Gasteiger partial charge is 0.481 e. The van der Waals surface area contributed by atoms with E-state index in [0.29, 0.717) is 54.6 Å². The van der Waals surface area contributed by atoms with Crippen LogP contribution >= 0.6 is 0 Å². The molecule has 0 saturated carbocycles. The second-order valence-electron chi connectivity index (χ2n) is 8.63. The van der Waals surface area contributed by atoms with E-state index in [9.17, 15) is 32.8 Å². The topological polar surface area (TPSA) is 196 Å². The number of nitrogens with one attached hydrogen (secondary N) is 1. The number of fused-ring (bicyclic) bond motifs is 1. The maximum atomic E-state index is 13.2. The molecule has 2 aromatic carbocycles. The van der Waals surface area contributed by atoms with Gasteiger partial charge in [-0.05, 0) is 62.1 Å². The molecular weight excluding hydrogens is 530 g/mol. The number of carboxylic acid groups (broad SMARTS) is 1. The zero-order valence-corrected chi connectivity index (χ0v) is 21.3. The van der Waals surface area contributed by atoms with Crippen molar-refractivity contribution in [1.82, 2.24) is 9.97 Å². The number of nitrogen functional groups attached to an aromatic ring is 1. The van der Waals surface area contributed by atoms with Crippen LogP contribution < -0.4 is 17.0 Å². The van der Waals surface area contributed by atoms with Crippen LogP contribution in [0.1, 0.15) is 66.8 Å². The minimum absolute atomic E-state index is 0. The molecule has 0 bridgehead atoms. The number of hydrogen-bond donors (Lipinski definition) is 4. The van der Waals surface area contributed by atoms with Gasteiger partial charge >= 0.3 is 17.9 Å². The molecule has 1 saturated heterocycles. The quantitative estimate of drug-likeness (QED) is 0.204. The highest BCUT2D eigenvalue weighted by Crippen LogP contribution is 2.18. The molecule has 3 aromatic rings. The van der Waals surface area contributed by atoms with Gasteiger partial charge in [0.25, 0.3) is 11.5 Å². The number of nitrogens with two attached hydrogens (primary N) is 2. The molecule has 1 aliphatic rings. The van der Waals surface area contributed by atoms with Crippen LogP contribution in [0.5, 0.6) is 0 Å². The number of carboxylic acids is 1. The van der Waals surface area contributed by atoms with Crippen molar-refractivity contribution in [2.24, 2.45) is 5.73 Å². The Bertz CT molecular complexity index is 1460. The Balaban J connectivity index is 0.000000326. The molecule has 1 aliphatic heterocycles. The number of hydrogen-bond acceptors (Lipinski definition) is 8. The lowest BCUT2D eigenvalue weighted by molar-refractivity contribution is -0.163. The predicted molar refractivity (Wildman–Crippen MR) is 143 cm³/mol. The molecule has 13 heteroatoms. The van der Waals surface area contributed by atoms with Crippen molar-refractivity contribution in [2.45, 2.75) is 59.8 Å². The third-order valence-electron chi connectivity index (χ3n) is 5.43. The first-order valence-corrected chi connectivity index (χ1v) is 11.8. The lowest BCUT2D eigenvalue weighted by Gasteiger charge is -2.06. The highest BCUT2D eigenvalue weighted by atomic mass is 19.1. The van der Waals surface area contributed by atoms with E-state index in [2.05, 4.69) is 14.7 Å². The van der Waals surface area contributed by atoms with E-state index in [0.717, 1.165) is 12.1 Å². The van der Waals surface area contributed by atoms with Gasteiger partial charge in [0, 0.05) is 31.4 Å². The van der Waals surface area contributed by atoms with Gasteiger partial charge in [0.05, 0.1) is 16.5 Å². The van der Waals surface area contributed by atoms with Crippen molar-refractivity contribution >= 4 is 40.4 Å². The molecule has 4 rings (SSSR count). The molecule has 0 unspecified atom stereocenters. The summed E-state index contributed by atoms with van der Waals surface area (Å²) in [6, 6.07) is 4.75. The van der Waals surface area contributed by atoms with Gasteiger partial charge in [-0.15, -0.1) is 0 Å². The maximum absolute atomic E-state index is 13.2. The number of esters is 2. The minimum Gasteiger partial charge on any atom is -0.481 e. The zero-order valence-electron chi connectivity index (χ0n) is 21.3. The average Bonchev–Trinajstić information content (AvgIpc) is 2.82. The summed E-state index contributed by atoms with van der Waals surface area (Å²) in [6.45, 7) is 3.30. The Kier molecular flexibility index (Phi) is 12.5. The van der Waals surface area contributed by atoms with Gasteiger partial charge in [-0.2, -0.15) is 0 Å². The Hall–Kier alpha value is -4.68. The fraction of sp³-hybridized carbons (Fsp3) is 0.333. The number of benzene rings is 2. The monoisotopic (exact) mass is 562 g/mol. The first kappa shape index (κ1) is 33.3. The number of carbonyl (C=O) groups is 4. The number of anilines is 1. The van der Waals surface area contributed by atoms with Gasteiger partial charge in [-0.3, -0.25) is 24.0 Å². The van der Waals surface area contributed by atoms with E-state index in [1.54, 1.807) is 13.8 Å². The number of aliphatic carboxylic acids is 1.